The summed E-state index contributed by atoms with van der Waals surface area (Å²) >= 11 is 0. The Morgan fingerprint density at radius 1 is 1.00 bits per heavy atom. The van der Waals surface area contributed by atoms with Crippen LogP contribution >= 0.6 is 0 Å². The number of hydrogen-bond donors (Lipinski definition) is 3. The molecule has 7 nitrogen and oxygen atoms in total. The smallest absolute Gasteiger partial charge is 0.303 e. The van der Waals surface area contributed by atoms with Gasteiger partial charge in [0.1, 0.15) is 11.9 Å². The van der Waals surface area contributed by atoms with Crippen molar-refractivity contribution < 1.29 is 24.2 Å². The van der Waals surface area contributed by atoms with Gasteiger partial charge in [-0.2, -0.15) is 0 Å². The number of amides is 2. The van der Waals surface area contributed by atoms with Crippen molar-refractivity contribution in [3.63, 3.8) is 0 Å². The molecule has 2 amide bonds. The lowest BCUT2D eigenvalue weighted by Gasteiger charge is -2.25. The Morgan fingerprint density at radius 3 is 1.96 bits per heavy atom. The molecule has 0 aromatic heterocycles. The van der Waals surface area contributed by atoms with Crippen LogP contribution in [0.15, 0.2) is 30.3 Å². The number of aliphatic carboxylic acids is 1. The summed E-state index contributed by atoms with van der Waals surface area (Å²) in [5, 5.41) is 8.92. The molecule has 2 atom stereocenters. The Balaban J connectivity index is 0.00000232. The van der Waals surface area contributed by atoms with Crippen molar-refractivity contribution in [2.75, 3.05) is 0 Å². The topological polar surface area (TPSA) is 133 Å². The molecule has 0 saturated carbocycles. The van der Waals surface area contributed by atoms with E-state index in [0.717, 1.165) is 0 Å². The molecule has 0 heterocycles. The van der Waals surface area contributed by atoms with Crippen LogP contribution in [0.4, 0.5) is 0 Å². The normalized spacial score (nSPS) is 12.3. The molecule has 1 aromatic carbocycles. The molecule has 0 radical (unpaired) electrons. The summed E-state index contributed by atoms with van der Waals surface area (Å²) in [6.45, 7) is 4.00. The number of para-hydroxylation sites is 1. The summed E-state index contributed by atoms with van der Waals surface area (Å²) in [7, 11) is 0. The zero-order valence-corrected chi connectivity index (χ0v) is 13.4. The number of nitrogens with two attached hydrogens (primary N) is 2. The molecule has 1 aromatic rings. The van der Waals surface area contributed by atoms with E-state index in [-0.39, 0.29) is 19.3 Å². The van der Waals surface area contributed by atoms with E-state index in [1.807, 2.05) is 13.8 Å². The predicted molar refractivity (Wildman–Crippen MR) is 85.6 cm³/mol. The molecule has 0 aliphatic rings. The summed E-state index contributed by atoms with van der Waals surface area (Å²) in [6.07, 6.45) is -1.56. The lowest BCUT2D eigenvalue weighted by Crippen LogP contribution is -2.36. The van der Waals surface area contributed by atoms with E-state index in [2.05, 4.69) is 0 Å². The van der Waals surface area contributed by atoms with Crippen LogP contribution in [0.3, 0.4) is 0 Å². The van der Waals surface area contributed by atoms with Crippen molar-refractivity contribution in [1.82, 2.24) is 0 Å². The number of hydrogen-bond acceptors (Lipinski definition) is 4. The Labute approximate surface area is 135 Å². The Kier molecular flexibility index (Phi) is 9.82. The van der Waals surface area contributed by atoms with Crippen molar-refractivity contribution in [2.24, 2.45) is 17.4 Å². The second-order valence-electron chi connectivity index (χ2n) is 4.67. The number of primary amides is 2. The van der Waals surface area contributed by atoms with Crippen molar-refractivity contribution in [3.05, 3.63) is 30.3 Å². The highest BCUT2D eigenvalue weighted by molar-refractivity contribution is 5.77. The predicted octanol–water partition coefficient (Wildman–Crippen LogP) is 1.30. The average Bonchev–Trinajstić information content (AvgIpc) is 2.47. The molecular weight excluding hydrogens is 300 g/mol. The molecule has 0 aliphatic carbocycles. The fourth-order valence-electron chi connectivity index (χ4n) is 1.99. The second kappa shape index (κ2) is 11.1. The van der Waals surface area contributed by atoms with E-state index < -0.39 is 29.8 Å². The summed E-state index contributed by atoms with van der Waals surface area (Å²) in [5.41, 5.74) is 10.3. The number of benzene rings is 1. The van der Waals surface area contributed by atoms with Crippen LogP contribution in [-0.2, 0) is 14.4 Å². The van der Waals surface area contributed by atoms with Gasteiger partial charge in [0.2, 0.25) is 11.8 Å². The molecule has 23 heavy (non-hydrogen) atoms. The molecule has 0 fully saturated rings. The van der Waals surface area contributed by atoms with E-state index in [1.54, 1.807) is 30.3 Å². The van der Waals surface area contributed by atoms with Gasteiger partial charge in [-0.05, 0) is 12.1 Å². The number of ether oxygens (including phenoxy) is 1. The molecule has 0 aliphatic heterocycles. The molecule has 0 saturated heterocycles. The first kappa shape index (κ1) is 20.4. The van der Waals surface area contributed by atoms with Gasteiger partial charge in [0.15, 0.2) is 0 Å². The Hall–Kier alpha value is -2.57. The molecular formula is C16H24N2O5. The minimum absolute atomic E-state index is 0.194. The molecule has 0 spiro atoms. The zero-order chi connectivity index (χ0) is 17.8. The van der Waals surface area contributed by atoms with Crippen LogP contribution in [0.5, 0.6) is 5.75 Å². The largest absolute Gasteiger partial charge is 0.490 e. The molecule has 1 rings (SSSR count). The number of carboxylic acid groups (broad SMARTS) is 1. The van der Waals surface area contributed by atoms with Crippen LogP contribution in [0, 0.1) is 5.92 Å². The van der Waals surface area contributed by atoms with Gasteiger partial charge in [0.25, 0.3) is 0 Å². The fraction of sp³-hybridized carbons (Fsp3) is 0.438. The number of carbonyl (C=O) groups is 3. The van der Waals surface area contributed by atoms with Gasteiger partial charge in [-0.1, -0.05) is 32.0 Å². The van der Waals surface area contributed by atoms with Gasteiger partial charge in [-0.25, -0.2) is 0 Å². The number of rotatable bonds is 9. The molecule has 0 bridgehead atoms. The highest BCUT2D eigenvalue weighted by Gasteiger charge is 2.29. The van der Waals surface area contributed by atoms with E-state index in [1.165, 1.54) is 0 Å². The lowest BCUT2D eigenvalue weighted by atomic mass is 9.92. The van der Waals surface area contributed by atoms with Gasteiger partial charge < -0.3 is 21.3 Å². The van der Waals surface area contributed by atoms with Crippen molar-refractivity contribution in [1.29, 1.82) is 0 Å². The average molecular weight is 324 g/mol. The van der Waals surface area contributed by atoms with Crippen molar-refractivity contribution in [2.45, 2.75) is 39.2 Å². The van der Waals surface area contributed by atoms with Crippen LogP contribution in [0.1, 0.15) is 33.1 Å². The SMILES string of the molecule is CC.NC(=O)C[C@H](CC(=O)O)[C@@H](CC(N)=O)Oc1ccccc1. The maximum atomic E-state index is 11.2. The number of carbonyl (C=O) groups excluding carboxylic acids is 2. The minimum Gasteiger partial charge on any atom is -0.490 e. The summed E-state index contributed by atoms with van der Waals surface area (Å²) in [4.78, 5) is 33.2. The monoisotopic (exact) mass is 324 g/mol. The maximum absolute atomic E-state index is 11.2. The van der Waals surface area contributed by atoms with E-state index >= 15 is 0 Å². The molecule has 0 unspecified atom stereocenters. The summed E-state index contributed by atoms with van der Waals surface area (Å²) in [5.74, 6) is -2.67. The second-order valence-corrected chi connectivity index (χ2v) is 4.67. The Bertz CT molecular complexity index is 488. The van der Waals surface area contributed by atoms with Gasteiger partial charge in [-0.3, -0.25) is 14.4 Å². The third-order valence-corrected chi connectivity index (χ3v) is 2.86. The van der Waals surface area contributed by atoms with E-state index in [4.69, 9.17) is 21.3 Å². The maximum Gasteiger partial charge on any atom is 0.303 e. The van der Waals surface area contributed by atoms with Crippen LogP contribution in [-0.4, -0.2) is 29.0 Å². The first-order chi connectivity index (χ1) is 10.9. The standard InChI is InChI=1S/C14H18N2O5.C2H6/c15-12(17)6-9(7-14(19)20)11(8-13(16)18)21-10-4-2-1-3-5-10;1-2/h1-5,9,11H,6-8H2,(H2,15,17)(H2,16,18)(H,19,20);1-2H3/t9-,11-;/m1./s1. The molecule has 5 N–H and O–H groups in total. The van der Waals surface area contributed by atoms with Gasteiger partial charge in [-0.15, -0.1) is 0 Å². The first-order valence-electron chi connectivity index (χ1n) is 7.38. The van der Waals surface area contributed by atoms with Gasteiger partial charge in [0, 0.05) is 12.3 Å². The number of carboxylic acids is 1. The van der Waals surface area contributed by atoms with Crippen LogP contribution in [0.25, 0.3) is 0 Å². The van der Waals surface area contributed by atoms with Crippen molar-refractivity contribution >= 4 is 17.8 Å². The lowest BCUT2D eigenvalue weighted by molar-refractivity contribution is -0.140. The summed E-state index contributed by atoms with van der Waals surface area (Å²) in [6, 6.07) is 8.58. The third kappa shape index (κ3) is 9.13. The highest BCUT2D eigenvalue weighted by Crippen LogP contribution is 2.23. The van der Waals surface area contributed by atoms with Gasteiger partial charge in [0.05, 0.1) is 12.8 Å². The third-order valence-electron chi connectivity index (χ3n) is 2.86. The van der Waals surface area contributed by atoms with Crippen LogP contribution in [0.2, 0.25) is 0 Å². The van der Waals surface area contributed by atoms with Gasteiger partial charge >= 0.3 is 5.97 Å². The highest BCUT2D eigenvalue weighted by atomic mass is 16.5. The zero-order valence-electron chi connectivity index (χ0n) is 13.4. The van der Waals surface area contributed by atoms with E-state index in [9.17, 15) is 14.4 Å². The first-order valence-corrected chi connectivity index (χ1v) is 7.38. The summed E-state index contributed by atoms with van der Waals surface area (Å²) < 4.78 is 5.62. The molecule has 7 heteroatoms. The Morgan fingerprint density at radius 2 is 1.52 bits per heavy atom. The fourth-order valence-corrected chi connectivity index (χ4v) is 1.99. The van der Waals surface area contributed by atoms with E-state index in [0.29, 0.717) is 5.75 Å². The quantitative estimate of drug-likeness (QED) is 0.629. The van der Waals surface area contributed by atoms with Crippen molar-refractivity contribution in [3.8, 4) is 5.75 Å². The minimum atomic E-state index is -1.10. The molecule has 128 valence electrons. The van der Waals surface area contributed by atoms with Crippen LogP contribution < -0.4 is 16.2 Å².